The van der Waals surface area contributed by atoms with Crippen LogP contribution in [0, 0.1) is 0 Å². The smallest absolute Gasteiger partial charge is 0.416 e. The lowest BCUT2D eigenvalue weighted by molar-refractivity contribution is -0.137. The summed E-state index contributed by atoms with van der Waals surface area (Å²) in [6, 6.07) is 8.49. The van der Waals surface area contributed by atoms with Crippen LogP contribution >= 0.6 is 0 Å². The van der Waals surface area contributed by atoms with E-state index in [1.54, 1.807) is 18.2 Å². The van der Waals surface area contributed by atoms with E-state index in [1.807, 2.05) is 25.1 Å². The molecule has 0 aliphatic carbocycles. The van der Waals surface area contributed by atoms with Crippen molar-refractivity contribution in [3.05, 3.63) is 42.0 Å². The van der Waals surface area contributed by atoms with Gasteiger partial charge in [-0.3, -0.25) is 0 Å². The van der Waals surface area contributed by atoms with Crippen molar-refractivity contribution < 1.29 is 17.9 Å². The van der Waals surface area contributed by atoms with Gasteiger partial charge in [0, 0.05) is 31.9 Å². The van der Waals surface area contributed by atoms with Gasteiger partial charge in [-0.2, -0.15) is 18.2 Å². The zero-order valence-corrected chi connectivity index (χ0v) is 11.5. The lowest BCUT2D eigenvalue weighted by Gasteiger charge is -2.14. The number of halogens is 3. The molecule has 0 unspecified atom stereocenters. The van der Waals surface area contributed by atoms with Crippen LogP contribution in [0.5, 0.6) is 11.6 Å². The second-order valence-electron chi connectivity index (χ2n) is 4.61. The topological polar surface area (TPSA) is 51.4 Å². The van der Waals surface area contributed by atoms with E-state index in [2.05, 4.69) is 4.98 Å². The predicted molar refractivity (Wildman–Crippen MR) is 74.5 cm³/mol. The van der Waals surface area contributed by atoms with Gasteiger partial charge in [-0.05, 0) is 18.2 Å². The fourth-order valence-corrected chi connectivity index (χ4v) is 1.69. The highest BCUT2D eigenvalue weighted by molar-refractivity contribution is 5.50. The van der Waals surface area contributed by atoms with Gasteiger partial charge < -0.3 is 15.4 Å². The molecule has 0 fully saturated rings. The number of ether oxygens (including phenoxy) is 1. The maximum atomic E-state index is 12.7. The summed E-state index contributed by atoms with van der Waals surface area (Å²) >= 11 is 0. The van der Waals surface area contributed by atoms with E-state index in [-0.39, 0.29) is 11.7 Å². The van der Waals surface area contributed by atoms with Crippen molar-refractivity contribution in [2.24, 2.45) is 0 Å². The number of aromatic nitrogens is 1. The fourth-order valence-electron chi connectivity index (χ4n) is 1.69. The predicted octanol–water partition coefficient (Wildman–Crippen LogP) is 3.54. The number of hydrogen-bond acceptors (Lipinski definition) is 4. The summed E-state index contributed by atoms with van der Waals surface area (Å²) in [5, 5.41) is 0. The third-order valence-electron chi connectivity index (χ3n) is 2.71. The van der Waals surface area contributed by atoms with Crippen molar-refractivity contribution in [2.45, 2.75) is 6.18 Å². The van der Waals surface area contributed by atoms with Crippen molar-refractivity contribution in [3.63, 3.8) is 0 Å². The fraction of sp³-hybridized carbons (Fsp3) is 0.214. The van der Waals surface area contributed by atoms with Gasteiger partial charge in [-0.1, -0.05) is 6.07 Å². The second kappa shape index (κ2) is 5.51. The summed E-state index contributed by atoms with van der Waals surface area (Å²) in [7, 11) is 3.69. The van der Waals surface area contributed by atoms with Gasteiger partial charge >= 0.3 is 6.18 Å². The van der Waals surface area contributed by atoms with Gasteiger partial charge in [0.25, 0.3) is 0 Å². The third kappa shape index (κ3) is 3.77. The SMILES string of the molecule is CN(C)c1cccc(Oc2cc(C(F)(F)F)cc(N)n2)c1. The first kappa shape index (κ1) is 15.0. The average Bonchev–Trinajstić information content (AvgIpc) is 2.37. The van der Waals surface area contributed by atoms with E-state index in [9.17, 15) is 13.2 Å². The summed E-state index contributed by atoms with van der Waals surface area (Å²) in [6.07, 6.45) is -4.50. The molecule has 2 rings (SSSR count). The van der Waals surface area contributed by atoms with E-state index in [4.69, 9.17) is 10.5 Å². The quantitative estimate of drug-likeness (QED) is 0.941. The summed E-state index contributed by atoms with van der Waals surface area (Å²) in [5.41, 5.74) is 5.35. The van der Waals surface area contributed by atoms with Crippen molar-refractivity contribution in [2.75, 3.05) is 24.7 Å². The van der Waals surface area contributed by atoms with Crippen molar-refractivity contribution >= 4 is 11.5 Å². The van der Waals surface area contributed by atoms with Gasteiger partial charge in [0.15, 0.2) is 0 Å². The maximum Gasteiger partial charge on any atom is 0.416 e. The van der Waals surface area contributed by atoms with E-state index in [0.717, 1.165) is 17.8 Å². The van der Waals surface area contributed by atoms with Crippen LogP contribution in [0.15, 0.2) is 36.4 Å². The molecule has 1 heterocycles. The molecule has 0 atom stereocenters. The second-order valence-corrected chi connectivity index (χ2v) is 4.61. The molecule has 0 amide bonds. The summed E-state index contributed by atoms with van der Waals surface area (Å²) < 4.78 is 43.5. The maximum absolute atomic E-state index is 12.7. The molecule has 1 aromatic carbocycles. The molecule has 0 bridgehead atoms. The number of nitrogens with two attached hydrogens (primary N) is 1. The average molecular weight is 297 g/mol. The minimum Gasteiger partial charge on any atom is -0.439 e. The number of hydrogen-bond donors (Lipinski definition) is 1. The number of rotatable bonds is 3. The zero-order chi connectivity index (χ0) is 15.6. The van der Waals surface area contributed by atoms with E-state index >= 15 is 0 Å². The molecule has 0 radical (unpaired) electrons. The lowest BCUT2D eigenvalue weighted by atomic mass is 10.2. The molecular weight excluding hydrogens is 283 g/mol. The van der Waals surface area contributed by atoms with Gasteiger partial charge in [0.2, 0.25) is 5.88 Å². The van der Waals surface area contributed by atoms with Crippen LogP contribution < -0.4 is 15.4 Å². The van der Waals surface area contributed by atoms with Crippen molar-refractivity contribution in [1.82, 2.24) is 4.98 Å². The Labute approximate surface area is 120 Å². The Morgan fingerprint density at radius 1 is 1.14 bits per heavy atom. The van der Waals surface area contributed by atoms with Crippen LogP contribution in [-0.4, -0.2) is 19.1 Å². The third-order valence-corrected chi connectivity index (χ3v) is 2.71. The molecule has 1 aromatic heterocycles. The Morgan fingerprint density at radius 2 is 1.86 bits per heavy atom. The van der Waals surface area contributed by atoms with E-state index in [0.29, 0.717) is 5.75 Å². The number of anilines is 2. The minimum atomic E-state index is -4.50. The van der Waals surface area contributed by atoms with Gasteiger partial charge in [-0.25, -0.2) is 0 Å². The molecule has 0 aliphatic rings. The normalized spacial score (nSPS) is 11.3. The van der Waals surface area contributed by atoms with Crippen LogP contribution in [0.1, 0.15) is 5.56 Å². The number of nitrogen functional groups attached to an aromatic ring is 1. The highest BCUT2D eigenvalue weighted by atomic mass is 19.4. The largest absolute Gasteiger partial charge is 0.439 e. The number of pyridine rings is 1. The zero-order valence-electron chi connectivity index (χ0n) is 11.5. The van der Waals surface area contributed by atoms with E-state index in [1.165, 1.54) is 0 Å². The Hall–Kier alpha value is -2.44. The summed E-state index contributed by atoms with van der Waals surface area (Å²) in [5.74, 6) is -0.0609. The summed E-state index contributed by atoms with van der Waals surface area (Å²) in [4.78, 5) is 5.61. The minimum absolute atomic E-state index is 0.196. The highest BCUT2D eigenvalue weighted by Gasteiger charge is 2.31. The Balaban J connectivity index is 2.31. The van der Waals surface area contributed by atoms with Gasteiger partial charge in [0.05, 0.1) is 5.56 Å². The molecule has 4 nitrogen and oxygen atoms in total. The highest BCUT2D eigenvalue weighted by Crippen LogP contribution is 2.33. The summed E-state index contributed by atoms with van der Waals surface area (Å²) in [6.45, 7) is 0. The molecule has 7 heteroatoms. The molecule has 2 N–H and O–H groups in total. The molecule has 0 saturated heterocycles. The molecule has 112 valence electrons. The Kier molecular flexibility index (Phi) is 3.93. The van der Waals surface area contributed by atoms with Gasteiger partial charge in [-0.15, -0.1) is 0 Å². The first-order valence-electron chi connectivity index (χ1n) is 6.06. The molecule has 0 aliphatic heterocycles. The Bertz CT molecular complexity index is 642. The van der Waals surface area contributed by atoms with Gasteiger partial charge in [0.1, 0.15) is 11.6 Å². The van der Waals surface area contributed by atoms with Crippen LogP contribution in [0.4, 0.5) is 24.7 Å². The lowest BCUT2D eigenvalue weighted by Crippen LogP contribution is -2.08. The Morgan fingerprint density at radius 3 is 2.48 bits per heavy atom. The van der Waals surface area contributed by atoms with E-state index < -0.39 is 11.7 Å². The molecule has 2 aromatic rings. The molecule has 0 saturated carbocycles. The van der Waals surface area contributed by atoms with Crippen LogP contribution in [-0.2, 0) is 6.18 Å². The molecule has 21 heavy (non-hydrogen) atoms. The monoisotopic (exact) mass is 297 g/mol. The number of benzene rings is 1. The van der Waals surface area contributed by atoms with Crippen LogP contribution in [0.2, 0.25) is 0 Å². The standard InChI is InChI=1S/C14H14F3N3O/c1-20(2)10-4-3-5-11(8-10)21-13-7-9(14(15,16)17)6-12(18)19-13/h3-8H,1-2H3,(H2,18,19). The number of alkyl halides is 3. The van der Waals surface area contributed by atoms with Crippen molar-refractivity contribution in [3.8, 4) is 11.6 Å². The first-order chi connectivity index (χ1) is 9.75. The van der Waals surface area contributed by atoms with Crippen LogP contribution in [0.3, 0.4) is 0 Å². The van der Waals surface area contributed by atoms with Crippen LogP contribution in [0.25, 0.3) is 0 Å². The van der Waals surface area contributed by atoms with Crippen molar-refractivity contribution in [1.29, 1.82) is 0 Å². The number of nitrogens with zero attached hydrogens (tertiary/aromatic N) is 2. The molecule has 0 spiro atoms. The molecular formula is C14H14F3N3O. The first-order valence-corrected chi connectivity index (χ1v) is 6.06.